The third kappa shape index (κ3) is 3.41. The number of sulfonamides is 1. The molecule has 0 fully saturated rings. The van der Waals surface area contributed by atoms with Crippen molar-refractivity contribution in [1.29, 1.82) is 0 Å². The van der Waals surface area contributed by atoms with E-state index in [1.54, 1.807) is 44.2 Å². The standard InChI is InChI=1S/C13H14BrNO3S2/c1-8(10-4-3-5-11(16)6-10)15-20(17,18)12-7-13(14)19-9(12)2/h3-8,15-16H,1-2H3. The van der Waals surface area contributed by atoms with E-state index in [-0.39, 0.29) is 10.6 Å². The first-order valence-electron chi connectivity index (χ1n) is 5.87. The van der Waals surface area contributed by atoms with Gasteiger partial charge in [-0.1, -0.05) is 12.1 Å². The van der Waals surface area contributed by atoms with Crippen molar-refractivity contribution < 1.29 is 13.5 Å². The van der Waals surface area contributed by atoms with E-state index < -0.39 is 16.1 Å². The second-order valence-electron chi connectivity index (χ2n) is 4.41. The molecule has 0 aliphatic rings. The number of nitrogens with one attached hydrogen (secondary N) is 1. The quantitative estimate of drug-likeness (QED) is 0.858. The normalized spacial score (nSPS) is 13.3. The van der Waals surface area contributed by atoms with Crippen LogP contribution < -0.4 is 4.72 Å². The summed E-state index contributed by atoms with van der Waals surface area (Å²) in [6.07, 6.45) is 0. The van der Waals surface area contributed by atoms with Gasteiger partial charge in [0.1, 0.15) is 5.75 Å². The van der Waals surface area contributed by atoms with E-state index in [0.717, 1.165) is 8.66 Å². The maximum atomic E-state index is 12.3. The van der Waals surface area contributed by atoms with Crippen LogP contribution in [0.25, 0.3) is 0 Å². The molecular weight excluding hydrogens is 362 g/mol. The number of thiophene rings is 1. The molecule has 0 amide bonds. The molecule has 1 aromatic heterocycles. The topological polar surface area (TPSA) is 66.4 Å². The predicted octanol–water partition coefficient (Wildman–Crippen LogP) is 3.56. The molecule has 0 saturated carbocycles. The van der Waals surface area contributed by atoms with Gasteiger partial charge in [0.25, 0.3) is 0 Å². The number of benzene rings is 1. The maximum Gasteiger partial charge on any atom is 0.242 e. The second-order valence-corrected chi connectivity index (χ2v) is 8.73. The molecule has 1 heterocycles. The second kappa shape index (κ2) is 5.85. The molecule has 4 nitrogen and oxygen atoms in total. The van der Waals surface area contributed by atoms with Crippen LogP contribution in [0.1, 0.15) is 23.4 Å². The van der Waals surface area contributed by atoms with Crippen LogP contribution in [0.4, 0.5) is 0 Å². The van der Waals surface area contributed by atoms with Gasteiger partial charge in [0.05, 0.1) is 8.68 Å². The maximum absolute atomic E-state index is 12.3. The number of hydrogen-bond donors (Lipinski definition) is 2. The van der Waals surface area contributed by atoms with Gasteiger partial charge < -0.3 is 5.11 Å². The van der Waals surface area contributed by atoms with Crippen molar-refractivity contribution >= 4 is 37.3 Å². The lowest BCUT2D eigenvalue weighted by molar-refractivity contribution is 0.473. The van der Waals surface area contributed by atoms with Crippen LogP contribution in [0.2, 0.25) is 0 Å². The number of halogens is 1. The van der Waals surface area contributed by atoms with Gasteiger partial charge in [0.15, 0.2) is 0 Å². The lowest BCUT2D eigenvalue weighted by atomic mass is 10.1. The highest BCUT2D eigenvalue weighted by molar-refractivity contribution is 9.11. The summed E-state index contributed by atoms with van der Waals surface area (Å²) in [7, 11) is -3.58. The van der Waals surface area contributed by atoms with E-state index in [0.29, 0.717) is 5.56 Å². The Hall–Kier alpha value is -0.890. The molecule has 0 spiro atoms. The van der Waals surface area contributed by atoms with Gasteiger partial charge in [-0.25, -0.2) is 13.1 Å². The van der Waals surface area contributed by atoms with Gasteiger partial charge in [-0.15, -0.1) is 11.3 Å². The zero-order valence-electron chi connectivity index (χ0n) is 10.9. The summed E-state index contributed by atoms with van der Waals surface area (Å²) < 4.78 is 28.1. The van der Waals surface area contributed by atoms with Gasteiger partial charge >= 0.3 is 0 Å². The Labute approximate surface area is 130 Å². The third-order valence-corrected chi connectivity index (χ3v) is 6.18. The van der Waals surface area contributed by atoms with E-state index in [2.05, 4.69) is 20.7 Å². The van der Waals surface area contributed by atoms with Gasteiger partial charge in [-0.2, -0.15) is 0 Å². The molecule has 1 aromatic carbocycles. The molecule has 1 unspecified atom stereocenters. The molecule has 7 heteroatoms. The number of rotatable bonds is 4. The third-order valence-electron chi connectivity index (χ3n) is 2.83. The van der Waals surface area contributed by atoms with Gasteiger partial charge in [0.2, 0.25) is 10.0 Å². The fourth-order valence-electron chi connectivity index (χ4n) is 1.86. The number of aromatic hydroxyl groups is 1. The molecular formula is C13H14BrNO3S2. The Morgan fingerprint density at radius 1 is 1.35 bits per heavy atom. The van der Waals surface area contributed by atoms with Crippen LogP contribution in [0.15, 0.2) is 39.0 Å². The monoisotopic (exact) mass is 375 g/mol. The Morgan fingerprint density at radius 3 is 2.60 bits per heavy atom. The summed E-state index contributed by atoms with van der Waals surface area (Å²) >= 11 is 4.67. The highest BCUT2D eigenvalue weighted by atomic mass is 79.9. The van der Waals surface area contributed by atoms with Crippen molar-refractivity contribution in [2.45, 2.75) is 24.8 Å². The smallest absolute Gasteiger partial charge is 0.242 e. The number of phenols is 1. The van der Waals surface area contributed by atoms with Crippen LogP contribution in [-0.2, 0) is 10.0 Å². The molecule has 1 atom stereocenters. The predicted molar refractivity (Wildman–Crippen MR) is 83.6 cm³/mol. The molecule has 0 bridgehead atoms. The van der Waals surface area contributed by atoms with Crippen LogP contribution in [0.5, 0.6) is 5.75 Å². The summed E-state index contributed by atoms with van der Waals surface area (Å²) in [5, 5.41) is 9.44. The van der Waals surface area contributed by atoms with E-state index in [1.165, 1.54) is 11.3 Å². The Balaban J connectivity index is 2.27. The molecule has 0 aliphatic carbocycles. The summed E-state index contributed by atoms with van der Waals surface area (Å²) in [4.78, 5) is 1.01. The van der Waals surface area contributed by atoms with E-state index in [1.807, 2.05) is 0 Å². The lowest BCUT2D eigenvalue weighted by Crippen LogP contribution is -2.27. The molecule has 0 aliphatic heterocycles. The van der Waals surface area contributed by atoms with Crippen LogP contribution >= 0.6 is 27.3 Å². The largest absolute Gasteiger partial charge is 0.508 e. The van der Waals surface area contributed by atoms with Crippen molar-refractivity contribution in [3.05, 3.63) is 44.6 Å². The van der Waals surface area contributed by atoms with Crippen molar-refractivity contribution in [2.24, 2.45) is 0 Å². The summed E-state index contributed by atoms with van der Waals surface area (Å²) in [5.41, 5.74) is 0.709. The molecule has 0 radical (unpaired) electrons. The number of aryl methyl sites for hydroxylation is 1. The van der Waals surface area contributed by atoms with E-state index in [4.69, 9.17) is 0 Å². The average molecular weight is 376 g/mol. The minimum atomic E-state index is -3.58. The molecule has 2 rings (SSSR count). The van der Waals surface area contributed by atoms with Crippen molar-refractivity contribution in [3.8, 4) is 5.75 Å². The minimum Gasteiger partial charge on any atom is -0.508 e. The fraction of sp³-hybridized carbons (Fsp3) is 0.231. The molecule has 2 aromatic rings. The highest BCUT2D eigenvalue weighted by Gasteiger charge is 2.22. The van der Waals surface area contributed by atoms with Crippen molar-refractivity contribution in [2.75, 3.05) is 0 Å². The first kappa shape index (κ1) is 15.5. The van der Waals surface area contributed by atoms with Crippen molar-refractivity contribution in [1.82, 2.24) is 4.72 Å². The molecule has 0 saturated heterocycles. The minimum absolute atomic E-state index is 0.114. The highest BCUT2D eigenvalue weighted by Crippen LogP contribution is 2.30. The first-order valence-corrected chi connectivity index (χ1v) is 8.96. The van der Waals surface area contributed by atoms with E-state index >= 15 is 0 Å². The van der Waals surface area contributed by atoms with Crippen LogP contribution in [-0.4, -0.2) is 13.5 Å². The van der Waals surface area contributed by atoms with Crippen LogP contribution in [0, 0.1) is 6.92 Å². The molecule has 2 N–H and O–H groups in total. The Morgan fingerprint density at radius 2 is 2.05 bits per heavy atom. The first-order chi connectivity index (χ1) is 9.29. The summed E-state index contributed by atoms with van der Waals surface area (Å²) in [6.45, 7) is 3.51. The SMILES string of the molecule is Cc1sc(Br)cc1S(=O)(=O)NC(C)c1cccc(O)c1. The summed E-state index contributed by atoms with van der Waals surface area (Å²) in [5.74, 6) is 0.114. The molecule has 108 valence electrons. The van der Waals surface area contributed by atoms with Crippen LogP contribution in [0.3, 0.4) is 0 Å². The van der Waals surface area contributed by atoms with Gasteiger partial charge in [-0.05, 0) is 53.5 Å². The number of phenolic OH excluding ortho intramolecular Hbond substituents is 1. The van der Waals surface area contributed by atoms with Gasteiger partial charge in [-0.3, -0.25) is 0 Å². The van der Waals surface area contributed by atoms with Gasteiger partial charge in [0, 0.05) is 10.9 Å². The lowest BCUT2D eigenvalue weighted by Gasteiger charge is -2.14. The fourth-order valence-corrected chi connectivity index (χ4v) is 5.50. The Kier molecular flexibility index (Phi) is 4.53. The van der Waals surface area contributed by atoms with Crippen molar-refractivity contribution in [3.63, 3.8) is 0 Å². The van der Waals surface area contributed by atoms with E-state index in [9.17, 15) is 13.5 Å². The summed E-state index contributed by atoms with van der Waals surface area (Å²) in [6, 6.07) is 7.71. The zero-order valence-corrected chi connectivity index (χ0v) is 14.1. The average Bonchev–Trinajstić information content (AvgIpc) is 2.69. The molecule has 20 heavy (non-hydrogen) atoms. The number of hydrogen-bond acceptors (Lipinski definition) is 4. The zero-order chi connectivity index (χ0) is 14.9. The Bertz CT molecular complexity index is 725.